The Bertz CT molecular complexity index is 802. The van der Waals surface area contributed by atoms with Crippen LogP contribution in [0.15, 0.2) is 73.3 Å². The van der Waals surface area contributed by atoms with Crippen LogP contribution in [0.25, 0.3) is 22.1 Å². The topological polar surface area (TPSA) is 146 Å². The van der Waals surface area contributed by atoms with E-state index in [0.717, 1.165) is 22.1 Å². The second-order valence-corrected chi connectivity index (χ2v) is 5.63. The van der Waals surface area contributed by atoms with Gasteiger partial charge in [-0.1, -0.05) is 0 Å². The number of pyridine rings is 4. The summed E-state index contributed by atoms with van der Waals surface area (Å²) in [4.78, 5) is 46.0. The van der Waals surface area contributed by atoms with Gasteiger partial charge in [0, 0.05) is 24.8 Å². The zero-order chi connectivity index (χ0) is 20.1. The van der Waals surface area contributed by atoms with E-state index in [1.807, 2.05) is 55.3 Å². The van der Waals surface area contributed by atoms with Gasteiger partial charge in [-0.3, -0.25) is 19.9 Å². The van der Waals surface area contributed by atoms with Crippen LogP contribution < -0.4 is 0 Å². The van der Waals surface area contributed by atoms with Crippen molar-refractivity contribution in [1.82, 2.24) is 19.9 Å². The van der Waals surface area contributed by atoms with Crippen LogP contribution in [0, 0.1) is 0 Å². The molecule has 0 atom stereocenters. The highest BCUT2D eigenvalue weighted by molar-refractivity contribution is 7.45. The van der Waals surface area contributed by atoms with Gasteiger partial charge in [0.05, 0.1) is 22.1 Å². The number of phosphoric acid groups is 1. The maximum Gasteiger partial charge on any atom is 0.466 e. The Labute approximate surface area is 154 Å². The lowest BCUT2D eigenvalue weighted by Crippen LogP contribution is -1.78. The van der Waals surface area contributed by atoms with Gasteiger partial charge in [0.15, 0.2) is 0 Å². The van der Waals surface area contributed by atoms with Gasteiger partial charge in [-0.15, -0.1) is 0 Å². The molecule has 0 radical (unpaired) electrons. The maximum atomic E-state index is 8.88. The fourth-order valence-electron chi connectivity index (χ4n) is 1.81. The average Bonchev–Trinajstić information content (AvgIpc) is 2.69. The quantitative estimate of drug-likeness (QED) is 0.385. The van der Waals surface area contributed by atoms with Crippen LogP contribution in [0.2, 0.25) is 0 Å². The molecule has 4 rings (SSSR count). The number of carbonyl (C=O) groups excluding carboxylic acids is 1. The Balaban J connectivity index is 0.000000205. The zero-order valence-electron chi connectivity index (χ0n) is 14.0. The Kier molecular flexibility index (Phi) is 9.35. The molecule has 0 fully saturated rings. The predicted molar refractivity (Wildman–Crippen MR) is 100 cm³/mol. The lowest BCUT2D eigenvalue weighted by molar-refractivity contribution is -0.0980. The number of aromatic nitrogens is 4. The molecular weight excluding hydrogens is 371 g/mol. The minimum absolute atomic E-state index is 0.949. The SMILES string of the molecule is C=O.O=P(O)(O)O.c1cnc2cccnc2c1.c1cnc2cccnc2c1. The van der Waals surface area contributed by atoms with Crippen LogP contribution in [0.3, 0.4) is 0 Å². The van der Waals surface area contributed by atoms with E-state index >= 15 is 0 Å². The van der Waals surface area contributed by atoms with Crippen molar-refractivity contribution in [1.29, 1.82) is 0 Å². The highest BCUT2D eigenvalue weighted by Crippen LogP contribution is 2.25. The standard InChI is InChI=1S/2C8H6N2.CH2O.H3O4P/c2*1-3-7-8(9-5-1)4-2-6-10-7;1-2;1-5(2,3)4/h2*1-6H;1H2;(H3,1,2,3,4). The molecule has 0 spiro atoms. The van der Waals surface area contributed by atoms with Gasteiger partial charge >= 0.3 is 7.82 Å². The number of hydrogen-bond donors (Lipinski definition) is 3. The molecule has 0 unspecified atom stereocenters. The van der Waals surface area contributed by atoms with Gasteiger partial charge in [-0.2, -0.15) is 0 Å². The monoisotopic (exact) mass is 388 g/mol. The van der Waals surface area contributed by atoms with Crippen LogP contribution in [0.4, 0.5) is 0 Å². The molecule has 4 heterocycles. The summed E-state index contributed by atoms with van der Waals surface area (Å²) in [6.07, 6.45) is 7.07. The van der Waals surface area contributed by atoms with Crippen molar-refractivity contribution in [2.45, 2.75) is 0 Å². The normalized spacial score (nSPS) is 9.74. The van der Waals surface area contributed by atoms with Gasteiger partial charge in [-0.05, 0) is 48.5 Å². The number of hydrogen-bond acceptors (Lipinski definition) is 6. The largest absolute Gasteiger partial charge is 0.466 e. The predicted octanol–water partition coefficient (Wildman–Crippen LogP) is 2.15. The van der Waals surface area contributed by atoms with Crippen molar-refractivity contribution < 1.29 is 24.0 Å². The van der Waals surface area contributed by atoms with Crippen molar-refractivity contribution in [3.05, 3.63) is 73.3 Å². The molecule has 9 nitrogen and oxygen atoms in total. The summed E-state index contributed by atoms with van der Waals surface area (Å²) >= 11 is 0. The highest BCUT2D eigenvalue weighted by Gasteiger charge is 2.00. The molecule has 10 heteroatoms. The minimum Gasteiger partial charge on any atom is -0.307 e. The molecule has 0 aliphatic rings. The first-order valence-electron chi connectivity index (χ1n) is 7.32. The second kappa shape index (κ2) is 11.5. The van der Waals surface area contributed by atoms with Crippen LogP contribution in [0.5, 0.6) is 0 Å². The first-order valence-corrected chi connectivity index (χ1v) is 8.88. The molecule has 0 aromatic carbocycles. The summed E-state index contributed by atoms with van der Waals surface area (Å²) in [7, 11) is -4.64. The van der Waals surface area contributed by atoms with Crippen LogP contribution >= 0.6 is 7.82 Å². The van der Waals surface area contributed by atoms with E-state index in [4.69, 9.17) is 24.0 Å². The molecule has 4 aromatic heterocycles. The van der Waals surface area contributed by atoms with Gasteiger partial charge in [-0.25, -0.2) is 4.57 Å². The molecular formula is C17H17N4O5P. The Hall–Kier alpha value is -3.10. The minimum atomic E-state index is -4.64. The molecule has 0 saturated carbocycles. The maximum absolute atomic E-state index is 8.88. The van der Waals surface area contributed by atoms with E-state index in [9.17, 15) is 0 Å². The fraction of sp³-hybridized carbons (Fsp3) is 0. The molecule has 0 saturated heterocycles. The van der Waals surface area contributed by atoms with Crippen LogP contribution in [-0.4, -0.2) is 41.4 Å². The summed E-state index contributed by atoms with van der Waals surface area (Å²) in [5.74, 6) is 0. The van der Waals surface area contributed by atoms with Crippen molar-refractivity contribution in [2.24, 2.45) is 0 Å². The molecule has 140 valence electrons. The average molecular weight is 388 g/mol. The number of carbonyl (C=O) groups is 1. The van der Waals surface area contributed by atoms with E-state index in [-0.39, 0.29) is 0 Å². The summed E-state index contributed by atoms with van der Waals surface area (Å²) < 4.78 is 8.88. The van der Waals surface area contributed by atoms with E-state index in [0.29, 0.717) is 0 Å². The molecule has 3 N–H and O–H groups in total. The second-order valence-electron chi connectivity index (χ2n) is 4.60. The molecule has 0 bridgehead atoms. The van der Waals surface area contributed by atoms with Gasteiger partial charge < -0.3 is 19.5 Å². The Morgan fingerprint density at radius 2 is 0.778 bits per heavy atom. The zero-order valence-corrected chi connectivity index (χ0v) is 14.9. The summed E-state index contributed by atoms with van der Waals surface area (Å²) in [6, 6.07) is 15.3. The Morgan fingerprint density at radius 3 is 0.963 bits per heavy atom. The van der Waals surface area contributed by atoms with Crippen molar-refractivity contribution in [2.75, 3.05) is 0 Å². The first kappa shape index (κ1) is 21.9. The third-order valence-electron chi connectivity index (χ3n) is 2.74. The first-order chi connectivity index (χ1) is 12.9. The molecule has 0 aliphatic carbocycles. The van der Waals surface area contributed by atoms with Crippen molar-refractivity contribution >= 4 is 36.7 Å². The van der Waals surface area contributed by atoms with E-state index in [2.05, 4.69) is 19.9 Å². The van der Waals surface area contributed by atoms with E-state index in [1.165, 1.54) is 0 Å². The third-order valence-corrected chi connectivity index (χ3v) is 2.74. The molecule has 27 heavy (non-hydrogen) atoms. The fourth-order valence-corrected chi connectivity index (χ4v) is 1.81. The number of fused-ring (bicyclic) bond motifs is 2. The van der Waals surface area contributed by atoms with E-state index in [1.54, 1.807) is 24.8 Å². The molecule has 0 aliphatic heterocycles. The van der Waals surface area contributed by atoms with Crippen molar-refractivity contribution in [3.63, 3.8) is 0 Å². The summed E-state index contributed by atoms with van der Waals surface area (Å²) in [5, 5.41) is 0. The van der Waals surface area contributed by atoms with Gasteiger partial charge in [0.1, 0.15) is 6.79 Å². The third kappa shape index (κ3) is 9.24. The Morgan fingerprint density at radius 1 is 0.593 bits per heavy atom. The highest BCUT2D eigenvalue weighted by atomic mass is 31.2. The summed E-state index contributed by atoms with van der Waals surface area (Å²) in [5.41, 5.74) is 3.80. The lowest BCUT2D eigenvalue weighted by Gasteiger charge is -1.90. The number of rotatable bonds is 0. The summed E-state index contributed by atoms with van der Waals surface area (Å²) in [6.45, 7) is 2.00. The molecule has 0 amide bonds. The van der Waals surface area contributed by atoms with Crippen LogP contribution in [-0.2, 0) is 9.36 Å². The van der Waals surface area contributed by atoms with Crippen molar-refractivity contribution in [3.8, 4) is 0 Å². The number of nitrogens with zero attached hydrogens (tertiary/aromatic N) is 4. The smallest absolute Gasteiger partial charge is 0.307 e. The van der Waals surface area contributed by atoms with E-state index < -0.39 is 7.82 Å². The lowest BCUT2D eigenvalue weighted by atomic mass is 10.3. The van der Waals surface area contributed by atoms with Crippen LogP contribution in [0.1, 0.15) is 0 Å². The molecule has 4 aromatic rings. The van der Waals surface area contributed by atoms with Gasteiger partial charge in [0.2, 0.25) is 0 Å². The van der Waals surface area contributed by atoms with Gasteiger partial charge in [0.25, 0.3) is 0 Å².